The van der Waals surface area contributed by atoms with Crippen LogP contribution in [0, 0.1) is 0 Å². The van der Waals surface area contributed by atoms with E-state index in [-0.39, 0.29) is 86.2 Å². The Kier molecular flexibility index (Phi) is 308. The average Bonchev–Trinajstić information content (AvgIpc) is 0. The third-order valence-electron chi connectivity index (χ3n) is 0. The van der Waals surface area contributed by atoms with Gasteiger partial charge in [0.1, 0.15) is 0 Å². The van der Waals surface area contributed by atoms with E-state index in [0.29, 0.717) is 0 Å². The molecule has 0 radical (unpaired) electrons. The quantitative estimate of drug-likeness (QED) is 0.532. The number of rotatable bonds is 0. The Balaban J connectivity index is 0. The molecule has 0 N–H and O–H groups in total. The molecule has 0 saturated carbocycles. The minimum atomic E-state index is 0. The largest absolute Gasteiger partial charge is 4.00 e. The van der Waals surface area contributed by atoms with Crippen molar-refractivity contribution in [3.63, 3.8) is 0 Å². The number of hydrogen-bond donors (Lipinski definition) is 0. The third-order valence-corrected chi connectivity index (χ3v) is 0. The van der Waals surface area contributed by atoms with Crippen LogP contribution in [0.15, 0.2) is 0 Å². The first kappa shape index (κ1) is 49.7. The van der Waals surface area contributed by atoms with Crippen LogP contribution in [0.1, 0.15) is 0 Å². The van der Waals surface area contributed by atoms with Gasteiger partial charge in [0.15, 0.2) is 0 Å². The Morgan fingerprint density at radius 3 is 0.600 bits per heavy atom. The fourth-order valence-electron chi connectivity index (χ4n) is 0. The van der Waals surface area contributed by atoms with Gasteiger partial charge in [-0.15, -0.1) is 0 Å². The molecular formula is S3ZnZr. The summed E-state index contributed by atoms with van der Waals surface area (Å²) in [4.78, 5) is 0. The normalized spacial score (nSPS) is 0. The molecular weight excluding hydrogens is 253 g/mol. The third kappa shape index (κ3) is 20.8. The Hall–Kier alpha value is 2.56. The molecule has 0 spiro atoms. The van der Waals surface area contributed by atoms with Crippen molar-refractivity contribution in [1.29, 1.82) is 0 Å². The molecule has 5 heavy (non-hydrogen) atoms. The Labute approximate surface area is 85.1 Å². The van der Waals surface area contributed by atoms with Crippen molar-refractivity contribution in [2.45, 2.75) is 0 Å². The zero-order chi connectivity index (χ0) is 0. The molecule has 0 aliphatic heterocycles. The smallest absolute Gasteiger partial charge is 2.00 e. The molecule has 0 aliphatic rings. The van der Waals surface area contributed by atoms with Gasteiger partial charge in [0.2, 0.25) is 0 Å². The van der Waals surface area contributed by atoms with E-state index >= 15 is 0 Å². The van der Waals surface area contributed by atoms with Gasteiger partial charge in [0.25, 0.3) is 0 Å². The summed E-state index contributed by atoms with van der Waals surface area (Å²) in [5, 5.41) is 0. The topological polar surface area (TPSA) is 0 Å². The van der Waals surface area contributed by atoms with E-state index in [9.17, 15) is 0 Å². The maximum absolute atomic E-state index is 0. The van der Waals surface area contributed by atoms with Crippen LogP contribution in [0.2, 0.25) is 0 Å². The molecule has 0 aromatic carbocycles. The maximum Gasteiger partial charge on any atom is 4.00 e. The van der Waals surface area contributed by atoms with Crippen LogP contribution >= 0.6 is 0 Å². The summed E-state index contributed by atoms with van der Waals surface area (Å²) in [6.45, 7) is 0. The molecule has 0 rings (SSSR count). The predicted octanol–water partition coefficient (Wildman–Crippen LogP) is -0.0122. The van der Waals surface area contributed by atoms with Crippen molar-refractivity contribution in [3.05, 3.63) is 0 Å². The van der Waals surface area contributed by atoms with Gasteiger partial charge in [-0.1, -0.05) is 0 Å². The average molecular weight is 253 g/mol. The summed E-state index contributed by atoms with van der Waals surface area (Å²) in [6, 6.07) is 0. The van der Waals surface area contributed by atoms with Crippen molar-refractivity contribution in [2.75, 3.05) is 0 Å². The molecule has 0 bridgehead atoms. The molecule has 0 fully saturated rings. The minimum absolute atomic E-state index is 0. The summed E-state index contributed by atoms with van der Waals surface area (Å²) >= 11 is 0. The molecule has 0 aliphatic carbocycles. The Bertz CT molecular complexity index is 6.85. The first-order valence-electron chi connectivity index (χ1n) is 0. The predicted molar refractivity (Wildman–Crippen MR) is 22.1 cm³/mol. The van der Waals surface area contributed by atoms with Crippen LogP contribution in [0.25, 0.3) is 0 Å². The molecule has 0 unspecified atom stereocenters. The van der Waals surface area contributed by atoms with E-state index in [1.165, 1.54) is 0 Å². The van der Waals surface area contributed by atoms with Crippen molar-refractivity contribution >= 4 is 40.5 Å². The van der Waals surface area contributed by atoms with E-state index < -0.39 is 0 Å². The van der Waals surface area contributed by atoms with Gasteiger partial charge in [-0.2, -0.15) is 0 Å². The number of hydrogen-bond acceptors (Lipinski definition) is 0. The second kappa shape index (κ2) is 31.0. The van der Waals surface area contributed by atoms with Gasteiger partial charge in [-0.3, -0.25) is 0 Å². The molecule has 0 aromatic heterocycles. The van der Waals surface area contributed by atoms with E-state index in [1.807, 2.05) is 0 Å². The Morgan fingerprint density at radius 1 is 0.600 bits per heavy atom. The monoisotopic (exact) mass is 250 g/mol. The van der Waals surface area contributed by atoms with Crippen LogP contribution < -0.4 is 0 Å². The van der Waals surface area contributed by atoms with Gasteiger partial charge in [-0.05, 0) is 0 Å². The van der Waals surface area contributed by atoms with Crippen LogP contribution in [0.5, 0.6) is 0 Å². The van der Waals surface area contributed by atoms with Crippen molar-refractivity contribution in [1.82, 2.24) is 0 Å². The summed E-state index contributed by atoms with van der Waals surface area (Å²) in [5.41, 5.74) is 0. The fourth-order valence-corrected chi connectivity index (χ4v) is 0. The van der Waals surface area contributed by atoms with Gasteiger partial charge >= 0.3 is 45.7 Å². The second-order valence-corrected chi connectivity index (χ2v) is 0. The molecule has 5 heteroatoms. The van der Waals surface area contributed by atoms with Crippen molar-refractivity contribution in [2.24, 2.45) is 0 Å². The van der Waals surface area contributed by atoms with E-state index in [1.54, 1.807) is 0 Å². The summed E-state index contributed by atoms with van der Waals surface area (Å²) in [6.07, 6.45) is 0. The first-order valence-corrected chi connectivity index (χ1v) is 0. The summed E-state index contributed by atoms with van der Waals surface area (Å²) < 4.78 is 0. The standard InChI is InChI=1S/3S.Zn.Zr/q3*-2;+2;+4. The molecule has 0 atom stereocenters. The van der Waals surface area contributed by atoms with E-state index in [4.69, 9.17) is 0 Å². The van der Waals surface area contributed by atoms with Crippen molar-refractivity contribution in [3.8, 4) is 0 Å². The first-order chi connectivity index (χ1) is 0. The van der Waals surface area contributed by atoms with Gasteiger partial charge in [0.05, 0.1) is 0 Å². The van der Waals surface area contributed by atoms with Crippen LogP contribution in [-0.4, -0.2) is 0 Å². The SMILES string of the molecule is [S-2].[S-2].[S-2].[Zn+2].[Zr+4]. The molecule has 0 heterocycles. The molecule has 0 nitrogen and oxygen atoms in total. The van der Waals surface area contributed by atoms with Gasteiger partial charge < -0.3 is 40.5 Å². The van der Waals surface area contributed by atoms with Gasteiger partial charge in [0, 0.05) is 0 Å². The van der Waals surface area contributed by atoms with Gasteiger partial charge in [-0.25, -0.2) is 0 Å². The zero-order valence-electron chi connectivity index (χ0n) is 2.43. The summed E-state index contributed by atoms with van der Waals surface area (Å²) in [5.74, 6) is 0. The van der Waals surface area contributed by atoms with Crippen molar-refractivity contribution < 1.29 is 45.7 Å². The summed E-state index contributed by atoms with van der Waals surface area (Å²) in [7, 11) is 0. The van der Waals surface area contributed by atoms with Crippen LogP contribution in [0.3, 0.4) is 0 Å². The van der Waals surface area contributed by atoms with E-state index in [0.717, 1.165) is 0 Å². The zero-order valence-corrected chi connectivity index (χ0v) is 10.3. The fraction of sp³-hybridized carbons (Fsp3) is 0. The van der Waals surface area contributed by atoms with Crippen LogP contribution in [-0.2, 0) is 86.2 Å². The molecule has 0 amide bonds. The molecule has 0 saturated heterocycles. The second-order valence-electron chi connectivity index (χ2n) is 0. The van der Waals surface area contributed by atoms with E-state index in [2.05, 4.69) is 0 Å². The molecule has 24 valence electrons. The molecule has 0 aromatic rings. The minimum Gasteiger partial charge on any atom is -2.00 e. The van der Waals surface area contributed by atoms with Crippen LogP contribution in [0.4, 0.5) is 0 Å². The Morgan fingerprint density at radius 2 is 0.600 bits per heavy atom. The maximum atomic E-state index is 0.